The molecular weight excluding hydrogens is 548 g/mol. The lowest BCUT2D eigenvalue weighted by atomic mass is 10.0. The van der Waals surface area contributed by atoms with E-state index in [2.05, 4.69) is 138 Å². The van der Waals surface area contributed by atoms with E-state index in [1.807, 2.05) is 18.3 Å². The van der Waals surface area contributed by atoms with Crippen molar-refractivity contribution in [1.29, 1.82) is 0 Å². The lowest BCUT2D eigenvalue weighted by Crippen LogP contribution is -1.97. The van der Waals surface area contributed by atoms with Crippen LogP contribution < -0.4 is 4.74 Å². The molecule has 3 heteroatoms. The maximum Gasteiger partial charge on any atom is 0.118 e. The number of aliphatic imine (C=N–C) groups is 1. The molecule has 0 spiro atoms. The lowest BCUT2D eigenvalue weighted by molar-refractivity contribution is 0.414. The number of allylic oxidation sites excluding steroid dienone is 2. The van der Waals surface area contributed by atoms with Crippen LogP contribution >= 0.6 is 0 Å². The van der Waals surface area contributed by atoms with E-state index >= 15 is 0 Å². The quantitative estimate of drug-likeness (QED) is 0.188. The van der Waals surface area contributed by atoms with Crippen molar-refractivity contribution in [3.63, 3.8) is 0 Å². The van der Waals surface area contributed by atoms with Gasteiger partial charge in [-0.2, -0.15) is 0 Å². The van der Waals surface area contributed by atoms with Crippen LogP contribution in [0.25, 0.3) is 0 Å². The van der Waals surface area contributed by atoms with Crippen LogP contribution in [-0.4, -0.2) is 17.9 Å². The van der Waals surface area contributed by atoms with Gasteiger partial charge in [-0.25, -0.2) is 0 Å². The van der Waals surface area contributed by atoms with Crippen LogP contribution in [0.5, 0.6) is 5.75 Å². The molecule has 45 heavy (non-hydrogen) atoms. The van der Waals surface area contributed by atoms with E-state index in [1.165, 1.54) is 55.3 Å². The van der Waals surface area contributed by atoms with E-state index < -0.39 is 0 Å². The first-order valence-corrected chi connectivity index (χ1v) is 17.1. The van der Waals surface area contributed by atoms with Crippen molar-refractivity contribution in [3.05, 3.63) is 102 Å². The second-order valence-electron chi connectivity index (χ2n) is 13.5. The summed E-state index contributed by atoms with van der Waals surface area (Å²) in [5.41, 5.74) is 4.14. The highest BCUT2D eigenvalue weighted by Crippen LogP contribution is 2.16. The van der Waals surface area contributed by atoms with Gasteiger partial charge in [-0.1, -0.05) is 111 Å². The van der Waals surface area contributed by atoms with Gasteiger partial charge in [0.1, 0.15) is 5.75 Å². The number of aromatic nitrogens is 1. The first-order valence-electron chi connectivity index (χ1n) is 17.1. The Kier molecular flexibility index (Phi) is 24.4. The normalized spacial score (nSPS) is 11.6. The topological polar surface area (TPSA) is 26.5 Å². The molecule has 0 N–H and O–H groups in total. The number of benzene rings is 2. The molecule has 0 bridgehead atoms. The minimum absolute atomic E-state index is 0. The minimum atomic E-state index is 0. The van der Waals surface area contributed by atoms with Gasteiger partial charge in [0.15, 0.2) is 0 Å². The van der Waals surface area contributed by atoms with Gasteiger partial charge < -0.3 is 9.30 Å². The molecule has 0 atom stereocenters. The van der Waals surface area contributed by atoms with E-state index in [9.17, 15) is 0 Å². The third kappa shape index (κ3) is 23.9. The standard InChI is InChI=1S/C12H18O.C11H16.2C9H15N.CH4/c1-10(2)4-5-11-6-8-12(13-3)9-7-11;1-10(2)8-9-11-6-4-3-5-7-11;1-8(2)5-6-9-4-3-7-10-9;1-9(2)5-8-10-6-3-4-7-10;/h6-10H,4-5H2,1-3H3;3-7,10H,8-9H2,1-2H3;4,7-8H,3,5-6H2,1-2H3;3-4,6-7,9H,5,8H2,1-2H3;1H4. The van der Waals surface area contributed by atoms with Gasteiger partial charge in [0, 0.05) is 37.3 Å². The molecule has 0 radical (unpaired) electrons. The molecule has 2 aromatic carbocycles. The van der Waals surface area contributed by atoms with Crippen molar-refractivity contribution in [1.82, 2.24) is 4.57 Å². The second kappa shape index (κ2) is 26.2. The van der Waals surface area contributed by atoms with E-state index in [-0.39, 0.29) is 7.43 Å². The molecule has 4 rings (SSSR count). The molecule has 252 valence electrons. The molecule has 0 aliphatic carbocycles. The van der Waals surface area contributed by atoms with Gasteiger partial charge >= 0.3 is 0 Å². The number of rotatable bonds is 13. The Morgan fingerprint density at radius 1 is 0.622 bits per heavy atom. The average molecular weight is 617 g/mol. The Morgan fingerprint density at radius 2 is 1.11 bits per heavy atom. The van der Waals surface area contributed by atoms with Crippen LogP contribution in [0.2, 0.25) is 0 Å². The minimum Gasteiger partial charge on any atom is -0.497 e. The third-order valence-corrected chi connectivity index (χ3v) is 7.35. The molecule has 0 saturated carbocycles. The highest BCUT2D eigenvalue weighted by Gasteiger charge is 2.00. The molecule has 1 aromatic heterocycles. The summed E-state index contributed by atoms with van der Waals surface area (Å²) in [7, 11) is 1.70. The number of hydrogen-bond acceptors (Lipinski definition) is 2. The zero-order valence-corrected chi connectivity index (χ0v) is 29.6. The summed E-state index contributed by atoms with van der Waals surface area (Å²) in [5, 5.41) is 0. The van der Waals surface area contributed by atoms with E-state index in [1.54, 1.807) is 7.11 Å². The zero-order chi connectivity index (χ0) is 32.6. The van der Waals surface area contributed by atoms with Crippen molar-refractivity contribution >= 4 is 6.21 Å². The Labute approximate surface area is 279 Å². The number of hydrogen-bond donors (Lipinski definition) is 0. The van der Waals surface area contributed by atoms with Gasteiger partial charge in [0.2, 0.25) is 0 Å². The number of ether oxygens (including phenoxy) is 1. The maximum atomic E-state index is 5.09. The molecule has 3 nitrogen and oxygen atoms in total. The third-order valence-electron chi connectivity index (χ3n) is 7.35. The molecule has 1 aliphatic heterocycles. The molecule has 0 amide bonds. The fraction of sp³-hybridized carbons (Fsp3) is 0.548. The predicted octanol–water partition coefficient (Wildman–Crippen LogP) is 12.5. The SMILES string of the molecule is C.CC(C)CCC1=CCC=N1.CC(C)CCc1ccccc1.CC(C)CCn1cccc1.COc1ccc(CCC(C)C)cc1. The summed E-state index contributed by atoms with van der Waals surface area (Å²) < 4.78 is 7.32. The molecular formula is C42H68N2O. The van der Waals surface area contributed by atoms with E-state index in [0.717, 1.165) is 48.8 Å². The summed E-state index contributed by atoms with van der Waals surface area (Å²) in [6.45, 7) is 19.2. The number of aryl methyl sites for hydroxylation is 3. The van der Waals surface area contributed by atoms with Crippen molar-refractivity contribution in [2.24, 2.45) is 28.7 Å². The Hall–Kier alpha value is -3.07. The van der Waals surface area contributed by atoms with Gasteiger partial charge in [0.05, 0.1) is 7.11 Å². The average Bonchev–Trinajstić information content (AvgIpc) is 3.74. The van der Waals surface area contributed by atoms with Crippen LogP contribution in [0.3, 0.4) is 0 Å². The molecule has 0 fully saturated rings. The van der Waals surface area contributed by atoms with E-state index in [0.29, 0.717) is 0 Å². The van der Waals surface area contributed by atoms with Gasteiger partial charge in [-0.05, 0) is 104 Å². The fourth-order valence-corrected chi connectivity index (χ4v) is 4.29. The van der Waals surface area contributed by atoms with Crippen molar-refractivity contribution in [2.45, 2.75) is 121 Å². The predicted molar refractivity (Wildman–Crippen MR) is 202 cm³/mol. The largest absolute Gasteiger partial charge is 0.497 e. The fourth-order valence-electron chi connectivity index (χ4n) is 4.29. The Morgan fingerprint density at radius 3 is 1.56 bits per heavy atom. The van der Waals surface area contributed by atoms with Crippen molar-refractivity contribution < 1.29 is 4.74 Å². The molecule has 1 aliphatic rings. The van der Waals surface area contributed by atoms with E-state index in [4.69, 9.17) is 4.74 Å². The first-order chi connectivity index (χ1) is 21.1. The maximum absolute atomic E-state index is 5.09. The monoisotopic (exact) mass is 617 g/mol. The van der Waals surface area contributed by atoms with Crippen molar-refractivity contribution in [2.75, 3.05) is 7.11 Å². The van der Waals surface area contributed by atoms with Crippen LogP contribution in [0, 0.1) is 23.7 Å². The Bertz CT molecular complexity index is 1110. The molecule has 0 unspecified atom stereocenters. The smallest absolute Gasteiger partial charge is 0.118 e. The second-order valence-corrected chi connectivity index (χ2v) is 13.5. The highest BCUT2D eigenvalue weighted by atomic mass is 16.5. The molecule has 2 heterocycles. The lowest BCUT2D eigenvalue weighted by Gasteiger charge is -2.05. The van der Waals surface area contributed by atoms with Crippen LogP contribution in [0.4, 0.5) is 0 Å². The van der Waals surface area contributed by atoms with Crippen LogP contribution in [0.15, 0.2) is 95.9 Å². The highest BCUT2D eigenvalue weighted by molar-refractivity contribution is 5.64. The van der Waals surface area contributed by atoms with Crippen molar-refractivity contribution in [3.8, 4) is 5.75 Å². The zero-order valence-electron chi connectivity index (χ0n) is 29.6. The number of nitrogens with zero attached hydrogens (tertiary/aromatic N) is 2. The first kappa shape index (κ1) is 41.9. The summed E-state index contributed by atoms with van der Waals surface area (Å²) in [4.78, 5) is 4.24. The van der Waals surface area contributed by atoms with Crippen LogP contribution in [-0.2, 0) is 19.4 Å². The summed E-state index contributed by atoms with van der Waals surface area (Å²) in [6, 6.07) is 23.1. The Balaban J connectivity index is 0.000000573. The summed E-state index contributed by atoms with van der Waals surface area (Å²) in [5.74, 6) is 4.14. The number of methoxy groups -OCH3 is 1. The summed E-state index contributed by atoms with van der Waals surface area (Å²) in [6.07, 6.45) is 18.1. The van der Waals surface area contributed by atoms with Gasteiger partial charge in [-0.15, -0.1) is 0 Å². The van der Waals surface area contributed by atoms with Gasteiger partial charge in [0.25, 0.3) is 0 Å². The van der Waals surface area contributed by atoms with Gasteiger partial charge in [-0.3, -0.25) is 4.99 Å². The van der Waals surface area contributed by atoms with Crippen LogP contribution in [0.1, 0.15) is 112 Å². The molecule has 0 saturated heterocycles. The molecule has 3 aromatic rings. The summed E-state index contributed by atoms with van der Waals surface area (Å²) >= 11 is 0.